The second-order valence-electron chi connectivity index (χ2n) is 3.17. The van der Waals surface area contributed by atoms with Crippen LogP contribution >= 0.6 is 0 Å². The largest absolute Gasteiger partial charge is 0.481 e. The summed E-state index contributed by atoms with van der Waals surface area (Å²) in [6.45, 7) is 1.59. The second-order valence-corrected chi connectivity index (χ2v) is 3.17. The maximum atomic E-state index is 11.1. The van der Waals surface area contributed by atoms with Crippen molar-refractivity contribution < 1.29 is 19.4 Å². The lowest BCUT2D eigenvalue weighted by Crippen LogP contribution is -2.08. The van der Waals surface area contributed by atoms with Gasteiger partial charge in [-0.3, -0.25) is 4.79 Å². The number of esters is 1. The second kappa shape index (κ2) is 4.59. The van der Waals surface area contributed by atoms with E-state index in [-0.39, 0.29) is 0 Å². The summed E-state index contributed by atoms with van der Waals surface area (Å²) in [4.78, 5) is 21.8. The van der Waals surface area contributed by atoms with Crippen molar-refractivity contribution in [3.63, 3.8) is 0 Å². The summed E-state index contributed by atoms with van der Waals surface area (Å²) in [7, 11) is 1.30. The van der Waals surface area contributed by atoms with Crippen LogP contribution in [0.4, 0.5) is 0 Å². The number of carbonyl (C=O) groups is 2. The molecule has 4 nitrogen and oxygen atoms in total. The van der Waals surface area contributed by atoms with Crippen molar-refractivity contribution in [2.75, 3.05) is 7.11 Å². The summed E-state index contributed by atoms with van der Waals surface area (Å²) in [6.07, 6.45) is 0. The van der Waals surface area contributed by atoms with Crippen LogP contribution in [0.3, 0.4) is 0 Å². The molecule has 1 rings (SSSR count). The van der Waals surface area contributed by atoms with E-state index in [0.717, 1.165) is 0 Å². The van der Waals surface area contributed by atoms with Crippen LogP contribution < -0.4 is 0 Å². The summed E-state index contributed by atoms with van der Waals surface area (Å²) >= 11 is 0. The van der Waals surface area contributed by atoms with E-state index in [9.17, 15) is 9.59 Å². The molecule has 0 fully saturated rings. The molecule has 1 N–H and O–H groups in total. The molecule has 15 heavy (non-hydrogen) atoms. The first-order valence-corrected chi connectivity index (χ1v) is 4.47. The number of carboxylic acids is 1. The van der Waals surface area contributed by atoms with E-state index in [1.54, 1.807) is 31.2 Å². The summed E-state index contributed by atoms with van der Waals surface area (Å²) in [5.41, 5.74) is 1.08. The average molecular weight is 208 g/mol. The maximum absolute atomic E-state index is 11.1. The molecule has 0 radical (unpaired) electrons. The zero-order chi connectivity index (χ0) is 11.4. The Bertz CT molecular complexity index is 367. The van der Waals surface area contributed by atoms with Crippen LogP contribution in [0.2, 0.25) is 0 Å². The van der Waals surface area contributed by atoms with Crippen molar-refractivity contribution in [3.8, 4) is 0 Å². The topological polar surface area (TPSA) is 63.6 Å². The standard InChI is InChI=1S/C11H12O4/c1-7(10(12)13)8-3-5-9(6-4-8)11(14)15-2/h3-7H,1-2H3,(H,12,13). The Kier molecular flexibility index (Phi) is 3.44. The third-order valence-electron chi connectivity index (χ3n) is 2.20. The molecule has 0 heterocycles. The molecule has 0 aliphatic heterocycles. The third-order valence-corrected chi connectivity index (χ3v) is 2.20. The fourth-order valence-electron chi connectivity index (χ4n) is 1.17. The van der Waals surface area contributed by atoms with E-state index in [4.69, 9.17) is 5.11 Å². The van der Waals surface area contributed by atoms with Gasteiger partial charge in [-0.15, -0.1) is 0 Å². The van der Waals surface area contributed by atoms with Crippen LogP contribution in [0.5, 0.6) is 0 Å². The highest BCUT2D eigenvalue weighted by molar-refractivity contribution is 5.89. The van der Waals surface area contributed by atoms with Crippen LogP contribution in [0, 0.1) is 0 Å². The Balaban J connectivity index is 2.90. The minimum atomic E-state index is -0.888. The molecule has 0 bridgehead atoms. The number of methoxy groups -OCH3 is 1. The zero-order valence-corrected chi connectivity index (χ0v) is 8.56. The van der Waals surface area contributed by atoms with E-state index in [1.807, 2.05) is 0 Å². The first kappa shape index (κ1) is 11.2. The van der Waals surface area contributed by atoms with Gasteiger partial charge in [0.15, 0.2) is 0 Å². The predicted octanol–water partition coefficient (Wildman–Crippen LogP) is 1.66. The minimum absolute atomic E-state index is 0.416. The summed E-state index contributed by atoms with van der Waals surface area (Å²) in [5, 5.41) is 8.77. The number of rotatable bonds is 3. The van der Waals surface area contributed by atoms with Gasteiger partial charge < -0.3 is 9.84 Å². The van der Waals surface area contributed by atoms with Crippen molar-refractivity contribution in [2.24, 2.45) is 0 Å². The first-order valence-electron chi connectivity index (χ1n) is 4.47. The molecule has 1 unspecified atom stereocenters. The van der Waals surface area contributed by atoms with Gasteiger partial charge in [0, 0.05) is 0 Å². The molecule has 0 aromatic heterocycles. The van der Waals surface area contributed by atoms with Gasteiger partial charge in [0.1, 0.15) is 0 Å². The molecular weight excluding hydrogens is 196 g/mol. The fraction of sp³-hybridized carbons (Fsp3) is 0.273. The molecule has 0 aliphatic carbocycles. The van der Waals surface area contributed by atoms with E-state index >= 15 is 0 Å². The Morgan fingerprint density at radius 2 is 1.80 bits per heavy atom. The lowest BCUT2D eigenvalue weighted by Gasteiger charge is -2.06. The highest BCUT2D eigenvalue weighted by Crippen LogP contribution is 2.16. The van der Waals surface area contributed by atoms with Crippen molar-refractivity contribution >= 4 is 11.9 Å². The summed E-state index contributed by atoms with van der Waals surface area (Å²) in [6, 6.07) is 6.34. The summed E-state index contributed by atoms with van der Waals surface area (Å²) in [5.74, 6) is -1.89. The number of carboxylic acid groups (broad SMARTS) is 1. The van der Waals surface area contributed by atoms with Gasteiger partial charge in [-0.25, -0.2) is 4.79 Å². The Labute approximate surface area is 87.5 Å². The van der Waals surface area contributed by atoms with E-state index < -0.39 is 17.9 Å². The van der Waals surface area contributed by atoms with Crippen molar-refractivity contribution in [1.29, 1.82) is 0 Å². The normalized spacial score (nSPS) is 11.9. The van der Waals surface area contributed by atoms with E-state index in [0.29, 0.717) is 11.1 Å². The van der Waals surface area contributed by atoms with Gasteiger partial charge in [-0.05, 0) is 24.6 Å². The fourth-order valence-corrected chi connectivity index (χ4v) is 1.17. The van der Waals surface area contributed by atoms with Gasteiger partial charge in [0.2, 0.25) is 0 Å². The Hall–Kier alpha value is -1.84. The highest BCUT2D eigenvalue weighted by atomic mass is 16.5. The minimum Gasteiger partial charge on any atom is -0.481 e. The van der Waals surface area contributed by atoms with Gasteiger partial charge in [0.25, 0.3) is 0 Å². The monoisotopic (exact) mass is 208 g/mol. The van der Waals surface area contributed by atoms with Gasteiger partial charge in [-0.2, -0.15) is 0 Å². The lowest BCUT2D eigenvalue weighted by molar-refractivity contribution is -0.138. The lowest BCUT2D eigenvalue weighted by atomic mass is 10.0. The molecule has 1 aromatic carbocycles. The number of carbonyl (C=O) groups excluding carboxylic acids is 1. The quantitative estimate of drug-likeness (QED) is 0.767. The molecule has 80 valence electrons. The van der Waals surface area contributed by atoms with Crippen molar-refractivity contribution in [1.82, 2.24) is 0 Å². The molecule has 0 saturated heterocycles. The smallest absolute Gasteiger partial charge is 0.337 e. The number of benzene rings is 1. The SMILES string of the molecule is COC(=O)c1ccc(C(C)C(=O)O)cc1. The summed E-state index contributed by atoms with van der Waals surface area (Å²) < 4.78 is 4.53. The van der Waals surface area contributed by atoms with Crippen molar-refractivity contribution in [2.45, 2.75) is 12.8 Å². The van der Waals surface area contributed by atoms with Gasteiger partial charge in [-0.1, -0.05) is 12.1 Å². The molecule has 0 saturated carbocycles. The first-order chi connectivity index (χ1) is 7.06. The van der Waals surface area contributed by atoms with Crippen LogP contribution in [-0.4, -0.2) is 24.2 Å². The predicted molar refractivity (Wildman–Crippen MR) is 53.8 cm³/mol. The van der Waals surface area contributed by atoms with Crippen molar-refractivity contribution in [3.05, 3.63) is 35.4 Å². The van der Waals surface area contributed by atoms with Gasteiger partial charge >= 0.3 is 11.9 Å². The molecule has 0 amide bonds. The Morgan fingerprint density at radius 1 is 1.27 bits per heavy atom. The Morgan fingerprint density at radius 3 is 2.20 bits per heavy atom. The van der Waals surface area contributed by atoms with E-state index in [2.05, 4.69) is 4.74 Å². The number of hydrogen-bond donors (Lipinski definition) is 1. The van der Waals surface area contributed by atoms with Crippen LogP contribution in [0.1, 0.15) is 28.8 Å². The third kappa shape index (κ3) is 2.56. The average Bonchev–Trinajstić information content (AvgIpc) is 2.27. The zero-order valence-electron chi connectivity index (χ0n) is 8.56. The maximum Gasteiger partial charge on any atom is 0.337 e. The number of hydrogen-bond acceptors (Lipinski definition) is 3. The van der Waals surface area contributed by atoms with Crippen LogP contribution in [0.15, 0.2) is 24.3 Å². The van der Waals surface area contributed by atoms with Crippen LogP contribution in [0.25, 0.3) is 0 Å². The molecule has 4 heteroatoms. The molecule has 1 aromatic rings. The number of aliphatic carboxylic acids is 1. The highest BCUT2D eigenvalue weighted by Gasteiger charge is 2.14. The molecular formula is C11H12O4. The molecule has 0 aliphatic rings. The van der Waals surface area contributed by atoms with Crippen LogP contribution in [-0.2, 0) is 9.53 Å². The molecule has 0 spiro atoms. The van der Waals surface area contributed by atoms with E-state index in [1.165, 1.54) is 7.11 Å². The molecule has 1 atom stereocenters. The van der Waals surface area contributed by atoms with Gasteiger partial charge in [0.05, 0.1) is 18.6 Å². The number of ether oxygens (including phenoxy) is 1.